The molecule has 1 N–H and O–H groups in total. The van der Waals surface area contributed by atoms with E-state index in [-0.39, 0.29) is 0 Å². The van der Waals surface area contributed by atoms with Gasteiger partial charge in [-0.05, 0) is 24.8 Å². The summed E-state index contributed by atoms with van der Waals surface area (Å²) in [6, 6.07) is 4.26. The molecule has 1 aliphatic rings. The minimum Gasteiger partial charge on any atom is -0.381 e. The van der Waals surface area contributed by atoms with Crippen molar-refractivity contribution in [2.24, 2.45) is 5.92 Å². The fourth-order valence-corrected chi connectivity index (χ4v) is 2.06. The predicted octanol–water partition coefficient (Wildman–Crippen LogP) is 2.48. The molecular formula is C13H17F2NO. The van der Waals surface area contributed by atoms with Gasteiger partial charge in [-0.3, -0.25) is 0 Å². The lowest BCUT2D eigenvalue weighted by Gasteiger charge is -2.22. The van der Waals surface area contributed by atoms with Crippen LogP contribution in [0.15, 0.2) is 18.2 Å². The highest BCUT2D eigenvalue weighted by Gasteiger charge is 2.13. The van der Waals surface area contributed by atoms with Gasteiger partial charge in [-0.2, -0.15) is 0 Å². The van der Waals surface area contributed by atoms with E-state index in [4.69, 9.17) is 4.74 Å². The molecule has 0 saturated carbocycles. The van der Waals surface area contributed by atoms with Crippen LogP contribution >= 0.6 is 0 Å². The van der Waals surface area contributed by atoms with Crippen LogP contribution in [0, 0.1) is 17.6 Å². The summed E-state index contributed by atoms with van der Waals surface area (Å²) in [4.78, 5) is 0. The summed E-state index contributed by atoms with van der Waals surface area (Å²) >= 11 is 0. The molecule has 4 heteroatoms. The first-order valence-corrected chi connectivity index (χ1v) is 5.98. The standard InChI is InChI=1S/C13H17F2NO/c14-12-5-1-4-11(13(12)15)8-16-7-10-3-2-6-17-9-10/h1,4-5,10,16H,2-3,6-9H2. The molecule has 0 aliphatic carbocycles. The molecule has 2 rings (SSSR count). The van der Waals surface area contributed by atoms with E-state index in [0.717, 1.165) is 38.7 Å². The van der Waals surface area contributed by atoms with Crippen molar-refractivity contribution < 1.29 is 13.5 Å². The summed E-state index contributed by atoms with van der Waals surface area (Å²) in [6.07, 6.45) is 2.22. The van der Waals surface area contributed by atoms with Crippen molar-refractivity contribution in [2.75, 3.05) is 19.8 Å². The van der Waals surface area contributed by atoms with E-state index < -0.39 is 11.6 Å². The Hall–Kier alpha value is -1.00. The topological polar surface area (TPSA) is 21.3 Å². The lowest BCUT2D eigenvalue weighted by Crippen LogP contribution is -2.29. The molecule has 1 unspecified atom stereocenters. The van der Waals surface area contributed by atoms with Crippen molar-refractivity contribution in [3.8, 4) is 0 Å². The first kappa shape index (κ1) is 12.5. The number of nitrogens with one attached hydrogen (secondary N) is 1. The van der Waals surface area contributed by atoms with E-state index >= 15 is 0 Å². The van der Waals surface area contributed by atoms with Gasteiger partial charge >= 0.3 is 0 Å². The lowest BCUT2D eigenvalue weighted by molar-refractivity contribution is 0.0547. The molecule has 1 atom stereocenters. The highest BCUT2D eigenvalue weighted by molar-refractivity contribution is 5.18. The second kappa shape index (κ2) is 6.07. The fraction of sp³-hybridized carbons (Fsp3) is 0.538. The quantitative estimate of drug-likeness (QED) is 0.874. The molecule has 0 bridgehead atoms. The maximum Gasteiger partial charge on any atom is 0.163 e. The van der Waals surface area contributed by atoms with Gasteiger partial charge in [0.15, 0.2) is 11.6 Å². The largest absolute Gasteiger partial charge is 0.381 e. The van der Waals surface area contributed by atoms with Crippen LogP contribution in [0.5, 0.6) is 0 Å². The van der Waals surface area contributed by atoms with E-state index in [1.54, 1.807) is 6.07 Å². The van der Waals surface area contributed by atoms with Crippen LogP contribution in [0.2, 0.25) is 0 Å². The zero-order valence-electron chi connectivity index (χ0n) is 9.72. The molecule has 0 radical (unpaired) electrons. The van der Waals surface area contributed by atoms with Gasteiger partial charge in [0.1, 0.15) is 0 Å². The van der Waals surface area contributed by atoms with E-state index in [9.17, 15) is 8.78 Å². The fourth-order valence-electron chi connectivity index (χ4n) is 2.06. The van der Waals surface area contributed by atoms with Crippen LogP contribution in [0.4, 0.5) is 8.78 Å². The molecule has 1 heterocycles. The average Bonchev–Trinajstić information content (AvgIpc) is 2.36. The molecular weight excluding hydrogens is 224 g/mol. The first-order chi connectivity index (χ1) is 8.27. The molecule has 1 fully saturated rings. The van der Waals surface area contributed by atoms with Gasteiger partial charge < -0.3 is 10.1 Å². The molecule has 2 nitrogen and oxygen atoms in total. The molecule has 0 spiro atoms. The predicted molar refractivity (Wildman–Crippen MR) is 61.6 cm³/mol. The molecule has 1 aromatic carbocycles. The Morgan fingerprint density at radius 3 is 3.00 bits per heavy atom. The minimum absolute atomic E-state index is 0.361. The molecule has 17 heavy (non-hydrogen) atoms. The zero-order valence-corrected chi connectivity index (χ0v) is 9.72. The summed E-state index contributed by atoms with van der Waals surface area (Å²) in [6.45, 7) is 2.75. The van der Waals surface area contributed by atoms with Crippen molar-refractivity contribution in [1.29, 1.82) is 0 Å². The summed E-state index contributed by atoms with van der Waals surface area (Å²) in [5.74, 6) is -1.05. The third-order valence-corrected chi connectivity index (χ3v) is 3.03. The molecule has 1 saturated heterocycles. The summed E-state index contributed by atoms with van der Waals surface area (Å²) in [5.41, 5.74) is 0.377. The molecule has 1 aromatic rings. The number of hydrogen-bond acceptors (Lipinski definition) is 2. The number of halogens is 2. The van der Waals surface area contributed by atoms with Crippen molar-refractivity contribution >= 4 is 0 Å². The van der Waals surface area contributed by atoms with Crippen LogP contribution in [-0.4, -0.2) is 19.8 Å². The van der Waals surface area contributed by atoms with Crippen LogP contribution in [0.1, 0.15) is 18.4 Å². The normalized spacial score (nSPS) is 20.5. The lowest BCUT2D eigenvalue weighted by atomic mass is 10.0. The van der Waals surface area contributed by atoms with Crippen LogP contribution in [0.3, 0.4) is 0 Å². The highest BCUT2D eigenvalue weighted by Crippen LogP contribution is 2.14. The second-order valence-corrected chi connectivity index (χ2v) is 4.43. The number of hydrogen-bond donors (Lipinski definition) is 1. The third-order valence-electron chi connectivity index (χ3n) is 3.03. The Morgan fingerprint density at radius 1 is 1.35 bits per heavy atom. The van der Waals surface area contributed by atoms with Gasteiger partial charge in [0, 0.05) is 25.3 Å². The smallest absolute Gasteiger partial charge is 0.163 e. The number of ether oxygens (including phenoxy) is 1. The second-order valence-electron chi connectivity index (χ2n) is 4.43. The van der Waals surface area contributed by atoms with Crippen molar-refractivity contribution in [3.05, 3.63) is 35.4 Å². The SMILES string of the molecule is Fc1cccc(CNCC2CCCOC2)c1F. The van der Waals surface area contributed by atoms with E-state index in [0.29, 0.717) is 18.0 Å². The van der Waals surface area contributed by atoms with Crippen molar-refractivity contribution in [2.45, 2.75) is 19.4 Å². The Bertz CT molecular complexity index is 364. The third kappa shape index (κ3) is 3.48. The Labute approximate surface area is 100.0 Å². The first-order valence-electron chi connectivity index (χ1n) is 5.98. The molecule has 0 aromatic heterocycles. The summed E-state index contributed by atoms with van der Waals surface area (Å²) in [5, 5.41) is 3.15. The number of benzene rings is 1. The molecule has 1 aliphatic heterocycles. The van der Waals surface area contributed by atoms with Crippen molar-refractivity contribution in [3.63, 3.8) is 0 Å². The van der Waals surface area contributed by atoms with E-state index in [2.05, 4.69) is 5.32 Å². The maximum atomic E-state index is 13.3. The van der Waals surface area contributed by atoms with Crippen LogP contribution < -0.4 is 5.32 Å². The average molecular weight is 241 g/mol. The van der Waals surface area contributed by atoms with Crippen LogP contribution in [-0.2, 0) is 11.3 Å². The minimum atomic E-state index is -0.787. The van der Waals surface area contributed by atoms with Gasteiger partial charge in [0.2, 0.25) is 0 Å². The van der Waals surface area contributed by atoms with Gasteiger partial charge in [0.05, 0.1) is 6.61 Å². The van der Waals surface area contributed by atoms with E-state index in [1.807, 2.05) is 0 Å². The number of rotatable bonds is 4. The molecule has 0 amide bonds. The zero-order chi connectivity index (χ0) is 12.1. The van der Waals surface area contributed by atoms with Crippen LogP contribution in [0.25, 0.3) is 0 Å². The van der Waals surface area contributed by atoms with Gasteiger partial charge in [-0.15, -0.1) is 0 Å². The maximum absolute atomic E-state index is 13.3. The highest BCUT2D eigenvalue weighted by atomic mass is 19.2. The Balaban J connectivity index is 1.79. The molecule has 94 valence electrons. The van der Waals surface area contributed by atoms with Crippen molar-refractivity contribution in [1.82, 2.24) is 5.32 Å². The Morgan fingerprint density at radius 2 is 2.24 bits per heavy atom. The van der Waals surface area contributed by atoms with Gasteiger partial charge in [-0.25, -0.2) is 8.78 Å². The van der Waals surface area contributed by atoms with Gasteiger partial charge in [0.25, 0.3) is 0 Å². The van der Waals surface area contributed by atoms with E-state index in [1.165, 1.54) is 6.07 Å². The van der Waals surface area contributed by atoms with Gasteiger partial charge in [-0.1, -0.05) is 12.1 Å². The summed E-state index contributed by atoms with van der Waals surface area (Å²) in [7, 11) is 0. The monoisotopic (exact) mass is 241 g/mol. The Kier molecular flexibility index (Phi) is 4.45. The summed E-state index contributed by atoms with van der Waals surface area (Å²) < 4.78 is 31.6.